The van der Waals surface area contributed by atoms with Crippen LogP contribution in [0.15, 0.2) is 29.6 Å². The molecule has 3 aromatic heterocycles. The third kappa shape index (κ3) is 3.40. The van der Waals surface area contributed by atoms with Gasteiger partial charge in [-0.25, -0.2) is 9.97 Å². The van der Waals surface area contributed by atoms with E-state index in [1.807, 2.05) is 23.6 Å². The summed E-state index contributed by atoms with van der Waals surface area (Å²) in [4.78, 5) is 21.7. The molecular weight excluding hydrogens is 352 g/mol. The van der Waals surface area contributed by atoms with E-state index in [1.165, 1.54) is 28.7 Å². The number of anilines is 1. The molecule has 0 aliphatic carbocycles. The zero-order chi connectivity index (χ0) is 16.4. The first kappa shape index (κ1) is 15.6. The molecule has 5 nitrogen and oxygen atoms in total. The second kappa shape index (κ2) is 6.46. The molecule has 0 saturated heterocycles. The summed E-state index contributed by atoms with van der Waals surface area (Å²) in [5.74, 6) is -0.359. The molecule has 0 aliphatic rings. The lowest BCUT2D eigenvalue weighted by atomic mass is 10.2. The number of aryl methyl sites for hydroxylation is 1. The van der Waals surface area contributed by atoms with Gasteiger partial charge in [0.1, 0.15) is 11.8 Å². The van der Waals surface area contributed by atoms with Gasteiger partial charge in [0.15, 0.2) is 5.13 Å². The Hall–Kier alpha value is -2.27. The van der Waals surface area contributed by atoms with Crippen LogP contribution >= 0.6 is 34.3 Å². The van der Waals surface area contributed by atoms with Crippen LogP contribution in [-0.2, 0) is 0 Å². The average molecular weight is 361 g/mol. The second-order valence-electron chi connectivity index (χ2n) is 4.54. The fourth-order valence-corrected chi connectivity index (χ4v) is 3.65. The largest absolute Gasteiger partial charge is 0.296 e. The molecule has 0 aromatic carbocycles. The van der Waals surface area contributed by atoms with E-state index in [0.29, 0.717) is 20.7 Å². The minimum Gasteiger partial charge on any atom is -0.296 e. The predicted molar refractivity (Wildman–Crippen MR) is 92.1 cm³/mol. The van der Waals surface area contributed by atoms with Crippen molar-refractivity contribution in [1.82, 2.24) is 9.97 Å². The van der Waals surface area contributed by atoms with Crippen LogP contribution in [0.1, 0.15) is 21.7 Å². The van der Waals surface area contributed by atoms with Gasteiger partial charge in [-0.1, -0.05) is 11.6 Å². The molecular formula is C15H9ClN4OS2. The van der Waals surface area contributed by atoms with E-state index in [-0.39, 0.29) is 11.6 Å². The number of thiazole rings is 1. The number of pyridine rings is 1. The van der Waals surface area contributed by atoms with Crippen LogP contribution < -0.4 is 5.32 Å². The van der Waals surface area contributed by atoms with Gasteiger partial charge in [-0.3, -0.25) is 10.1 Å². The molecule has 1 amide bonds. The standard InChI is InChI=1S/C15H9ClN4OS2/c1-8-9(6-17)2-3-10(18-8)14(21)20-15-19-11(7-22-15)12-4-5-13(16)23-12/h2-5,7H,1H3,(H,19,20,21). The van der Waals surface area contributed by atoms with Crippen molar-refractivity contribution in [3.05, 3.63) is 50.9 Å². The fraction of sp³-hybridized carbons (Fsp3) is 0.0667. The zero-order valence-corrected chi connectivity index (χ0v) is 14.2. The van der Waals surface area contributed by atoms with E-state index in [9.17, 15) is 4.79 Å². The first-order valence-electron chi connectivity index (χ1n) is 6.47. The number of thiophene rings is 1. The van der Waals surface area contributed by atoms with Gasteiger partial charge < -0.3 is 0 Å². The van der Waals surface area contributed by atoms with Gasteiger partial charge in [-0.2, -0.15) is 5.26 Å². The number of halogens is 1. The summed E-state index contributed by atoms with van der Waals surface area (Å²) in [7, 11) is 0. The first-order chi connectivity index (χ1) is 11.1. The summed E-state index contributed by atoms with van der Waals surface area (Å²) < 4.78 is 0.691. The Morgan fingerprint density at radius 1 is 1.30 bits per heavy atom. The van der Waals surface area contributed by atoms with Crippen molar-refractivity contribution >= 4 is 45.3 Å². The molecule has 8 heteroatoms. The van der Waals surface area contributed by atoms with Crippen LogP contribution in [0.25, 0.3) is 10.6 Å². The van der Waals surface area contributed by atoms with Crippen molar-refractivity contribution in [3.8, 4) is 16.6 Å². The second-order valence-corrected chi connectivity index (χ2v) is 7.11. The van der Waals surface area contributed by atoms with Crippen LogP contribution in [0.3, 0.4) is 0 Å². The smallest absolute Gasteiger partial charge is 0.276 e. The normalized spacial score (nSPS) is 10.3. The fourth-order valence-electron chi connectivity index (χ4n) is 1.86. The van der Waals surface area contributed by atoms with Gasteiger partial charge in [0, 0.05) is 5.38 Å². The third-order valence-electron chi connectivity index (χ3n) is 2.99. The topological polar surface area (TPSA) is 78.7 Å². The summed E-state index contributed by atoms with van der Waals surface area (Å²) in [6.07, 6.45) is 0. The van der Waals surface area contributed by atoms with Crippen molar-refractivity contribution in [1.29, 1.82) is 5.26 Å². The summed E-state index contributed by atoms with van der Waals surface area (Å²) in [6.45, 7) is 1.69. The highest BCUT2D eigenvalue weighted by Crippen LogP contribution is 2.32. The monoisotopic (exact) mass is 360 g/mol. The molecule has 3 rings (SSSR count). The number of nitrogens with zero attached hydrogens (tertiary/aromatic N) is 3. The van der Waals surface area contributed by atoms with Crippen molar-refractivity contribution < 1.29 is 4.79 Å². The summed E-state index contributed by atoms with van der Waals surface area (Å²) in [5, 5.41) is 13.9. The minimum atomic E-state index is -0.359. The molecule has 0 unspecified atom stereocenters. The lowest BCUT2D eigenvalue weighted by molar-refractivity contribution is 0.102. The molecule has 23 heavy (non-hydrogen) atoms. The highest BCUT2D eigenvalue weighted by Gasteiger charge is 2.13. The Labute approximate surface area is 145 Å². The van der Waals surface area contributed by atoms with E-state index in [4.69, 9.17) is 16.9 Å². The molecule has 3 aromatic rings. The van der Waals surface area contributed by atoms with Gasteiger partial charge >= 0.3 is 0 Å². The van der Waals surface area contributed by atoms with E-state index in [1.54, 1.807) is 13.0 Å². The Bertz CT molecular complexity index is 926. The third-order valence-corrected chi connectivity index (χ3v) is 5.00. The van der Waals surface area contributed by atoms with Crippen molar-refractivity contribution in [3.63, 3.8) is 0 Å². The first-order valence-corrected chi connectivity index (χ1v) is 8.54. The highest BCUT2D eigenvalue weighted by atomic mass is 35.5. The van der Waals surface area contributed by atoms with Crippen LogP contribution in [-0.4, -0.2) is 15.9 Å². The Morgan fingerprint density at radius 2 is 2.13 bits per heavy atom. The number of nitriles is 1. The number of hydrogen-bond donors (Lipinski definition) is 1. The van der Waals surface area contributed by atoms with Crippen molar-refractivity contribution in [2.75, 3.05) is 5.32 Å². The number of hydrogen-bond acceptors (Lipinski definition) is 6. The predicted octanol–water partition coefficient (Wildman–Crippen LogP) is 4.35. The molecule has 0 spiro atoms. The maximum absolute atomic E-state index is 12.2. The lowest BCUT2D eigenvalue weighted by Gasteiger charge is -2.03. The van der Waals surface area contributed by atoms with E-state index in [0.717, 1.165) is 10.6 Å². The quantitative estimate of drug-likeness (QED) is 0.752. The number of rotatable bonds is 3. The van der Waals surface area contributed by atoms with E-state index < -0.39 is 0 Å². The Kier molecular flexibility index (Phi) is 4.39. The van der Waals surface area contributed by atoms with Crippen LogP contribution in [0.4, 0.5) is 5.13 Å². The summed E-state index contributed by atoms with van der Waals surface area (Å²) in [6, 6.07) is 8.82. The molecule has 0 saturated carbocycles. The molecule has 0 bridgehead atoms. The van der Waals surface area contributed by atoms with Gasteiger partial charge in [0.2, 0.25) is 0 Å². The molecule has 0 radical (unpaired) electrons. The number of carbonyl (C=O) groups excluding carboxylic acids is 1. The average Bonchev–Trinajstić information content (AvgIpc) is 3.16. The molecule has 0 aliphatic heterocycles. The van der Waals surface area contributed by atoms with Crippen LogP contribution in [0.2, 0.25) is 4.34 Å². The highest BCUT2D eigenvalue weighted by molar-refractivity contribution is 7.20. The zero-order valence-electron chi connectivity index (χ0n) is 11.8. The lowest BCUT2D eigenvalue weighted by Crippen LogP contribution is -2.14. The SMILES string of the molecule is Cc1nc(C(=O)Nc2nc(-c3ccc(Cl)s3)cs2)ccc1C#N. The van der Waals surface area contributed by atoms with Gasteiger partial charge in [0.25, 0.3) is 5.91 Å². The Balaban J connectivity index is 1.77. The number of nitrogens with one attached hydrogen (secondary N) is 1. The van der Waals surface area contributed by atoms with Gasteiger partial charge in [0.05, 0.1) is 26.2 Å². The minimum absolute atomic E-state index is 0.248. The molecule has 0 fully saturated rings. The maximum Gasteiger partial charge on any atom is 0.276 e. The van der Waals surface area contributed by atoms with Crippen LogP contribution in [0.5, 0.6) is 0 Å². The molecule has 3 heterocycles. The van der Waals surface area contributed by atoms with Gasteiger partial charge in [-0.05, 0) is 31.2 Å². The van der Waals surface area contributed by atoms with Crippen molar-refractivity contribution in [2.45, 2.75) is 6.92 Å². The van der Waals surface area contributed by atoms with Crippen LogP contribution in [0, 0.1) is 18.3 Å². The van der Waals surface area contributed by atoms with E-state index >= 15 is 0 Å². The van der Waals surface area contributed by atoms with E-state index in [2.05, 4.69) is 15.3 Å². The molecule has 1 N–H and O–H groups in total. The molecule has 114 valence electrons. The number of amides is 1. The Morgan fingerprint density at radius 3 is 2.78 bits per heavy atom. The van der Waals surface area contributed by atoms with Gasteiger partial charge in [-0.15, -0.1) is 22.7 Å². The summed E-state index contributed by atoms with van der Waals surface area (Å²) in [5.41, 5.74) is 1.99. The van der Waals surface area contributed by atoms with Crippen molar-refractivity contribution in [2.24, 2.45) is 0 Å². The maximum atomic E-state index is 12.2. The number of carbonyl (C=O) groups is 1. The summed E-state index contributed by atoms with van der Waals surface area (Å²) >= 11 is 8.67. The number of aromatic nitrogens is 2. The molecule has 0 atom stereocenters.